The molecule has 1 unspecified atom stereocenters. The van der Waals surface area contributed by atoms with Gasteiger partial charge in [0, 0.05) is 0 Å². The first kappa shape index (κ1) is 9.19. The maximum absolute atomic E-state index is 9.57. The Labute approximate surface area is 80.5 Å². The molecular weight excluding hydrogens is 253 g/mol. The first-order valence-electron chi connectivity index (χ1n) is 3.61. The molecule has 1 atom stereocenters. The number of dihydropyridines is 1. The molecule has 1 aliphatic rings. The van der Waals surface area contributed by atoms with Crippen molar-refractivity contribution < 1.29 is 5.11 Å². The van der Waals surface area contributed by atoms with Crippen LogP contribution in [-0.2, 0) is 0 Å². The van der Waals surface area contributed by atoms with Crippen LogP contribution in [-0.4, -0.2) is 20.5 Å². The van der Waals surface area contributed by atoms with Crippen molar-refractivity contribution in [2.75, 3.05) is 0 Å². The van der Waals surface area contributed by atoms with Gasteiger partial charge in [-0.1, -0.05) is 28.7 Å². The van der Waals surface area contributed by atoms with E-state index in [4.69, 9.17) is 0 Å². The van der Waals surface area contributed by atoms with E-state index in [1.165, 1.54) is 0 Å². The van der Waals surface area contributed by atoms with Crippen molar-refractivity contribution in [3.63, 3.8) is 0 Å². The summed E-state index contributed by atoms with van der Waals surface area (Å²) in [6.45, 7) is 3.51. The maximum atomic E-state index is 9.57. The zero-order valence-corrected chi connectivity index (χ0v) is 8.87. The smallest absolute Gasteiger partial charge is 0.105 e. The van der Waals surface area contributed by atoms with Crippen LogP contribution in [0.1, 0.15) is 20.3 Å². The van der Waals surface area contributed by atoms with Crippen molar-refractivity contribution >= 4 is 28.3 Å². The van der Waals surface area contributed by atoms with Crippen molar-refractivity contribution in [3.05, 3.63) is 12.2 Å². The fraction of sp³-hybridized carbons (Fsp3) is 0.625. The average molecular weight is 265 g/mol. The van der Waals surface area contributed by atoms with Crippen LogP contribution < -0.4 is 0 Å². The molecule has 0 radical (unpaired) electrons. The van der Waals surface area contributed by atoms with Crippen LogP contribution in [0, 0.1) is 0 Å². The van der Waals surface area contributed by atoms with Crippen LogP contribution in [0.5, 0.6) is 0 Å². The van der Waals surface area contributed by atoms with Crippen LogP contribution in [0.25, 0.3) is 0 Å². The third kappa shape index (κ3) is 2.56. The Morgan fingerprint density at radius 1 is 1.73 bits per heavy atom. The van der Waals surface area contributed by atoms with Crippen LogP contribution in [0.3, 0.4) is 0 Å². The molecule has 1 N–H and O–H groups in total. The summed E-state index contributed by atoms with van der Waals surface area (Å²) < 4.78 is 0.291. The van der Waals surface area contributed by atoms with E-state index in [1.807, 2.05) is 6.08 Å². The molecule has 0 fully saturated rings. The Morgan fingerprint density at radius 2 is 2.36 bits per heavy atom. The standard InChI is InChI=1S/C8H12INO/c1-8(2,11)6-4-3-5-7(9)10-6/h3-4,7,11H,5H2,1-2H3. The van der Waals surface area contributed by atoms with Crippen molar-refractivity contribution in [1.82, 2.24) is 0 Å². The molecule has 1 heterocycles. The monoisotopic (exact) mass is 265 g/mol. The second-order valence-electron chi connectivity index (χ2n) is 3.15. The SMILES string of the molecule is CC(C)(O)C1=NC(I)CC=C1. The van der Waals surface area contributed by atoms with Crippen LogP contribution in [0.4, 0.5) is 0 Å². The lowest BCUT2D eigenvalue weighted by atomic mass is 10.0. The van der Waals surface area contributed by atoms with E-state index in [-0.39, 0.29) is 0 Å². The Bertz CT molecular complexity index is 203. The number of hydrogen-bond acceptors (Lipinski definition) is 2. The topological polar surface area (TPSA) is 32.6 Å². The van der Waals surface area contributed by atoms with Gasteiger partial charge in [0.2, 0.25) is 0 Å². The number of halogens is 1. The maximum Gasteiger partial charge on any atom is 0.105 e. The zero-order valence-electron chi connectivity index (χ0n) is 6.71. The first-order chi connectivity index (χ1) is 5.00. The summed E-state index contributed by atoms with van der Waals surface area (Å²) in [5, 5.41) is 9.57. The van der Waals surface area contributed by atoms with Crippen molar-refractivity contribution in [2.24, 2.45) is 4.99 Å². The molecule has 3 heteroatoms. The molecule has 62 valence electrons. The van der Waals surface area contributed by atoms with Crippen molar-refractivity contribution in [3.8, 4) is 0 Å². The Morgan fingerprint density at radius 3 is 2.73 bits per heavy atom. The molecule has 2 nitrogen and oxygen atoms in total. The van der Waals surface area contributed by atoms with Crippen LogP contribution in [0.2, 0.25) is 0 Å². The van der Waals surface area contributed by atoms with Gasteiger partial charge in [0.25, 0.3) is 0 Å². The minimum atomic E-state index is -0.791. The number of aliphatic imine (C=N–C) groups is 1. The second-order valence-corrected chi connectivity index (χ2v) is 4.58. The largest absolute Gasteiger partial charge is 0.384 e. The number of hydrogen-bond donors (Lipinski definition) is 1. The molecule has 0 aromatic rings. The molecule has 0 saturated heterocycles. The van der Waals surface area contributed by atoms with E-state index in [1.54, 1.807) is 13.8 Å². The van der Waals surface area contributed by atoms with Gasteiger partial charge < -0.3 is 5.11 Å². The molecule has 0 aromatic heterocycles. The summed E-state index contributed by atoms with van der Waals surface area (Å²) in [6.07, 6.45) is 4.92. The van der Waals surface area contributed by atoms with E-state index in [0.29, 0.717) is 4.05 Å². The van der Waals surface area contributed by atoms with Gasteiger partial charge in [-0.05, 0) is 26.3 Å². The minimum Gasteiger partial charge on any atom is -0.384 e. The third-order valence-corrected chi connectivity index (χ3v) is 2.30. The van der Waals surface area contributed by atoms with E-state index >= 15 is 0 Å². The molecule has 11 heavy (non-hydrogen) atoms. The molecule has 0 aliphatic carbocycles. The van der Waals surface area contributed by atoms with Gasteiger partial charge in [-0.3, -0.25) is 4.99 Å². The fourth-order valence-corrected chi connectivity index (χ4v) is 1.49. The van der Waals surface area contributed by atoms with E-state index in [2.05, 4.69) is 33.7 Å². The van der Waals surface area contributed by atoms with Crippen molar-refractivity contribution in [1.29, 1.82) is 0 Å². The van der Waals surface area contributed by atoms with E-state index in [0.717, 1.165) is 12.1 Å². The quantitative estimate of drug-likeness (QED) is 0.438. The average Bonchev–Trinajstić information content (AvgIpc) is 1.86. The second kappa shape index (κ2) is 3.23. The van der Waals surface area contributed by atoms with Crippen molar-refractivity contribution in [2.45, 2.75) is 29.9 Å². The molecule has 0 aromatic carbocycles. The molecule has 0 bridgehead atoms. The molecule has 0 saturated carbocycles. The zero-order chi connectivity index (χ0) is 8.48. The molecule has 0 spiro atoms. The van der Waals surface area contributed by atoms with Gasteiger partial charge in [0.15, 0.2) is 0 Å². The Hall–Kier alpha value is 0.100. The highest BCUT2D eigenvalue weighted by Crippen LogP contribution is 2.18. The lowest BCUT2D eigenvalue weighted by molar-refractivity contribution is 0.154. The molecule has 0 amide bonds. The van der Waals surface area contributed by atoms with Gasteiger partial charge in [-0.25, -0.2) is 0 Å². The predicted octanol–water partition coefficient (Wildman–Crippen LogP) is 1.92. The van der Waals surface area contributed by atoms with Gasteiger partial charge >= 0.3 is 0 Å². The molecule has 1 aliphatic heterocycles. The highest BCUT2D eigenvalue weighted by atomic mass is 127. The van der Waals surface area contributed by atoms with E-state index < -0.39 is 5.60 Å². The number of rotatable bonds is 1. The minimum absolute atomic E-state index is 0.291. The Kier molecular flexibility index (Phi) is 2.70. The summed E-state index contributed by atoms with van der Waals surface area (Å²) in [6, 6.07) is 0. The summed E-state index contributed by atoms with van der Waals surface area (Å²) in [5.41, 5.74) is -0.0106. The van der Waals surface area contributed by atoms with Gasteiger partial charge in [-0.15, -0.1) is 0 Å². The van der Waals surface area contributed by atoms with Gasteiger partial charge in [0.1, 0.15) is 9.65 Å². The molecule has 1 rings (SSSR count). The fourth-order valence-electron chi connectivity index (χ4n) is 0.901. The third-order valence-electron chi connectivity index (χ3n) is 1.51. The predicted molar refractivity (Wildman–Crippen MR) is 55.3 cm³/mol. The normalized spacial score (nSPS) is 25.1. The summed E-state index contributed by atoms with van der Waals surface area (Å²) >= 11 is 2.26. The lowest BCUT2D eigenvalue weighted by Gasteiger charge is -2.21. The van der Waals surface area contributed by atoms with Gasteiger partial charge in [0.05, 0.1) is 5.71 Å². The first-order valence-corrected chi connectivity index (χ1v) is 4.86. The number of aliphatic hydroxyl groups is 1. The summed E-state index contributed by atoms with van der Waals surface area (Å²) in [7, 11) is 0. The van der Waals surface area contributed by atoms with Gasteiger partial charge in [-0.2, -0.15) is 0 Å². The van der Waals surface area contributed by atoms with Crippen LogP contribution >= 0.6 is 22.6 Å². The summed E-state index contributed by atoms with van der Waals surface area (Å²) in [5.74, 6) is 0. The van der Waals surface area contributed by atoms with Crippen LogP contribution in [0.15, 0.2) is 17.1 Å². The highest BCUT2D eigenvalue weighted by molar-refractivity contribution is 14.1. The highest BCUT2D eigenvalue weighted by Gasteiger charge is 2.21. The number of nitrogens with zero attached hydrogens (tertiary/aromatic N) is 1. The Balaban J connectivity index is 2.80. The number of alkyl halides is 1. The lowest BCUT2D eigenvalue weighted by Crippen LogP contribution is -2.31. The van der Waals surface area contributed by atoms with E-state index in [9.17, 15) is 5.11 Å². The molecular formula is C8H12INO. The summed E-state index contributed by atoms with van der Waals surface area (Å²) in [4.78, 5) is 4.32.